The Hall–Kier alpha value is -0.0400. The van der Waals surface area contributed by atoms with Crippen molar-refractivity contribution in [1.82, 2.24) is 0 Å². The van der Waals surface area contributed by atoms with Crippen molar-refractivity contribution < 1.29 is 4.74 Å². The molecule has 0 unspecified atom stereocenters. The van der Waals surface area contributed by atoms with E-state index in [1.54, 1.807) is 0 Å². The van der Waals surface area contributed by atoms with E-state index in [9.17, 15) is 0 Å². The molecular weight excluding hydrogens is 196 g/mol. The van der Waals surface area contributed by atoms with E-state index in [0.717, 1.165) is 19.6 Å². The average molecular weight is 227 g/mol. The van der Waals surface area contributed by atoms with E-state index in [0.29, 0.717) is 0 Å². The Kier molecular flexibility index (Phi) is 14.9. The second-order valence-electron chi connectivity index (χ2n) is 4.65. The van der Waals surface area contributed by atoms with Crippen molar-refractivity contribution in [3.63, 3.8) is 0 Å². The van der Waals surface area contributed by atoms with E-state index in [-0.39, 0.29) is 0 Å². The van der Waals surface area contributed by atoms with Gasteiger partial charge in [-0.1, -0.05) is 71.6 Å². The molecule has 0 heterocycles. The molecule has 16 heavy (non-hydrogen) atoms. The van der Waals surface area contributed by atoms with Gasteiger partial charge in [-0.3, -0.25) is 0 Å². The minimum atomic E-state index is 0.954. The molecule has 0 rings (SSSR count). The molecular formula is C15H31O. The van der Waals surface area contributed by atoms with Crippen LogP contribution in [0.3, 0.4) is 0 Å². The molecule has 0 N–H and O–H groups in total. The van der Waals surface area contributed by atoms with Crippen LogP contribution in [-0.2, 0) is 4.74 Å². The van der Waals surface area contributed by atoms with E-state index in [1.165, 1.54) is 64.2 Å². The van der Waals surface area contributed by atoms with Gasteiger partial charge in [0.15, 0.2) is 0 Å². The largest absolute Gasteiger partial charge is 0.381 e. The summed E-state index contributed by atoms with van der Waals surface area (Å²) in [5, 5.41) is 0. The zero-order chi connectivity index (χ0) is 11.9. The quantitative estimate of drug-likeness (QED) is 0.395. The first-order valence-electron chi connectivity index (χ1n) is 7.28. The van der Waals surface area contributed by atoms with E-state index in [1.807, 2.05) is 0 Å². The molecule has 97 valence electrons. The summed E-state index contributed by atoms with van der Waals surface area (Å²) < 4.78 is 5.59. The summed E-state index contributed by atoms with van der Waals surface area (Å²) >= 11 is 0. The predicted molar refractivity (Wildman–Crippen MR) is 72.6 cm³/mol. The Morgan fingerprint density at radius 2 is 1.19 bits per heavy atom. The molecule has 1 nitrogen and oxygen atoms in total. The van der Waals surface area contributed by atoms with Crippen LogP contribution >= 0.6 is 0 Å². The molecule has 1 heteroatoms. The maximum Gasteiger partial charge on any atom is 0.0466 e. The smallest absolute Gasteiger partial charge is 0.0466 e. The second-order valence-corrected chi connectivity index (χ2v) is 4.65. The van der Waals surface area contributed by atoms with Gasteiger partial charge in [0.25, 0.3) is 0 Å². The highest BCUT2D eigenvalue weighted by Gasteiger charge is 1.92. The summed E-state index contributed by atoms with van der Waals surface area (Å²) in [4.78, 5) is 0. The van der Waals surface area contributed by atoms with Crippen molar-refractivity contribution >= 4 is 0 Å². The van der Waals surface area contributed by atoms with Gasteiger partial charge < -0.3 is 4.74 Å². The van der Waals surface area contributed by atoms with Crippen LogP contribution in [0.4, 0.5) is 0 Å². The van der Waals surface area contributed by atoms with Gasteiger partial charge in [-0.05, 0) is 12.8 Å². The molecule has 0 bridgehead atoms. The molecule has 0 fully saturated rings. The molecule has 0 amide bonds. The zero-order valence-corrected chi connectivity index (χ0v) is 11.3. The van der Waals surface area contributed by atoms with Crippen molar-refractivity contribution in [3.05, 3.63) is 6.92 Å². The van der Waals surface area contributed by atoms with Crippen molar-refractivity contribution in [1.29, 1.82) is 0 Å². The van der Waals surface area contributed by atoms with Crippen molar-refractivity contribution in [2.24, 2.45) is 0 Å². The van der Waals surface area contributed by atoms with E-state index in [2.05, 4.69) is 13.8 Å². The van der Waals surface area contributed by atoms with Crippen LogP contribution in [0.15, 0.2) is 0 Å². The van der Waals surface area contributed by atoms with E-state index >= 15 is 0 Å². The van der Waals surface area contributed by atoms with Gasteiger partial charge >= 0.3 is 0 Å². The number of hydrogen-bond donors (Lipinski definition) is 0. The van der Waals surface area contributed by atoms with Gasteiger partial charge in [-0.2, -0.15) is 0 Å². The van der Waals surface area contributed by atoms with Crippen LogP contribution in [0.5, 0.6) is 0 Å². The first kappa shape index (κ1) is 16.0. The third-order valence-corrected chi connectivity index (χ3v) is 2.93. The highest BCUT2D eigenvalue weighted by atomic mass is 16.5. The third kappa shape index (κ3) is 14.0. The lowest BCUT2D eigenvalue weighted by Crippen LogP contribution is -1.97. The maximum absolute atomic E-state index is 5.59. The number of unbranched alkanes of at least 4 members (excludes halogenated alkanes) is 9. The van der Waals surface area contributed by atoms with Crippen molar-refractivity contribution in [2.75, 3.05) is 13.2 Å². The lowest BCUT2D eigenvalue weighted by Gasteiger charge is -2.04. The normalized spacial score (nSPS) is 10.9. The van der Waals surface area contributed by atoms with Crippen LogP contribution in [0.25, 0.3) is 0 Å². The molecule has 1 radical (unpaired) electrons. The molecule has 0 saturated heterocycles. The fraction of sp³-hybridized carbons (Fsp3) is 0.933. The third-order valence-electron chi connectivity index (χ3n) is 2.93. The highest BCUT2D eigenvalue weighted by Crippen LogP contribution is 2.07. The molecule has 0 spiro atoms. The predicted octanol–water partition coefficient (Wildman–Crippen LogP) is 5.15. The second kappa shape index (κ2) is 15.0. The molecule has 0 aromatic rings. The number of ether oxygens (including phenoxy) is 1. The van der Waals surface area contributed by atoms with Crippen LogP contribution in [0, 0.1) is 6.92 Å². The maximum atomic E-state index is 5.59. The first-order chi connectivity index (χ1) is 7.91. The molecule has 0 atom stereocenters. The van der Waals surface area contributed by atoms with Gasteiger partial charge in [0.05, 0.1) is 0 Å². The summed E-state index contributed by atoms with van der Waals surface area (Å²) in [6, 6.07) is 0. The zero-order valence-electron chi connectivity index (χ0n) is 11.3. The standard InChI is InChI=1S/C15H31O/c1-3-5-7-9-10-11-13-15-16-14-12-8-6-4-2/h2-15H2,1H3. The summed E-state index contributed by atoms with van der Waals surface area (Å²) in [6.07, 6.45) is 14.4. The summed E-state index contributed by atoms with van der Waals surface area (Å²) in [6.45, 7) is 8.02. The lowest BCUT2D eigenvalue weighted by molar-refractivity contribution is 0.126. The molecule has 0 saturated carbocycles. The Balaban J connectivity index is 2.83. The highest BCUT2D eigenvalue weighted by molar-refractivity contribution is 4.46. The van der Waals surface area contributed by atoms with Crippen LogP contribution in [0.2, 0.25) is 0 Å². The average Bonchev–Trinajstić information content (AvgIpc) is 2.31. The fourth-order valence-electron chi connectivity index (χ4n) is 1.82. The van der Waals surface area contributed by atoms with E-state index in [4.69, 9.17) is 4.74 Å². The SMILES string of the molecule is [CH2]CCCCCOCCCCCCCCC. The van der Waals surface area contributed by atoms with Gasteiger partial charge in [-0.15, -0.1) is 0 Å². The molecule has 0 aromatic carbocycles. The fourth-order valence-corrected chi connectivity index (χ4v) is 1.82. The summed E-state index contributed by atoms with van der Waals surface area (Å²) in [7, 11) is 0. The number of hydrogen-bond acceptors (Lipinski definition) is 1. The number of rotatable bonds is 13. The Morgan fingerprint density at radius 1 is 0.688 bits per heavy atom. The summed E-state index contributed by atoms with van der Waals surface area (Å²) in [5.41, 5.74) is 0. The van der Waals surface area contributed by atoms with Gasteiger partial charge in [0, 0.05) is 13.2 Å². The van der Waals surface area contributed by atoms with Crippen molar-refractivity contribution in [2.45, 2.75) is 77.6 Å². The molecule has 0 aliphatic heterocycles. The molecule has 0 aliphatic rings. The van der Waals surface area contributed by atoms with Crippen LogP contribution < -0.4 is 0 Å². The monoisotopic (exact) mass is 227 g/mol. The van der Waals surface area contributed by atoms with Gasteiger partial charge in [-0.25, -0.2) is 0 Å². The van der Waals surface area contributed by atoms with E-state index < -0.39 is 0 Å². The van der Waals surface area contributed by atoms with Gasteiger partial charge in [0.2, 0.25) is 0 Å². The minimum Gasteiger partial charge on any atom is -0.381 e. The molecule has 0 aliphatic carbocycles. The van der Waals surface area contributed by atoms with Crippen LogP contribution in [0.1, 0.15) is 77.6 Å². The Bertz CT molecular complexity index is 98.0. The summed E-state index contributed by atoms with van der Waals surface area (Å²) in [5.74, 6) is 0. The van der Waals surface area contributed by atoms with Gasteiger partial charge in [0.1, 0.15) is 0 Å². The minimum absolute atomic E-state index is 0.954. The molecule has 0 aromatic heterocycles. The lowest BCUT2D eigenvalue weighted by atomic mass is 10.1. The Labute approximate surface area is 103 Å². The van der Waals surface area contributed by atoms with Crippen molar-refractivity contribution in [3.8, 4) is 0 Å². The van der Waals surface area contributed by atoms with Crippen LogP contribution in [-0.4, -0.2) is 13.2 Å². The Morgan fingerprint density at radius 3 is 1.75 bits per heavy atom. The first-order valence-corrected chi connectivity index (χ1v) is 7.28. The topological polar surface area (TPSA) is 9.23 Å².